The lowest BCUT2D eigenvalue weighted by Crippen LogP contribution is -2.42. The molecule has 0 aromatic heterocycles. The number of hydrogen-bond acceptors (Lipinski definition) is 4. The van der Waals surface area contributed by atoms with Crippen molar-refractivity contribution in [2.75, 3.05) is 18.5 Å². The largest absolute Gasteiger partial charge is 0.464 e. The first kappa shape index (κ1) is 19.7. The Bertz CT molecular complexity index is 554. The number of carbonyl (C=O) groups is 1. The number of halogens is 1. The van der Waals surface area contributed by atoms with E-state index in [1.807, 2.05) is 32.9 Å². The summed E-state index contributed by atoms with van der Waals surface area (Å²) in [4.78, 5) is 17.0. The summed E-state index contributed by atoms with van der Waals surface area (Å²) in [5, 5.41) is 5.62. The van der Waals surface area contributed by atoms with Gasteiger partial charge in [0.2, 0.25) is 0 Å². The second-order valence-electron chi connectivity index (χ2n) is 5.05. The van der Waals surface area contributed by atoms with Gasteiger partial charge in [0.1, 0.15) is 0 Å². The van der Waals surface area contributed by atoms with Crippen molar-refractivity contribution in [1.29, 1.82) is 0 Å². The van der Waals surface area contributed by atoms with Crippen molar-refractivity contribution in [2.24, 2.45) is 0 Å². The molecule has 1 atom stereocenters. The molecule has 5 nitrogen and oxygen atoms in total. The molecule has 1 aromatic carbocycles. The summed E-state index contributed by atoms with van der Waals surface area (Å²) in [6, 6.07) is 5.52. The van der Waals surface area contributed by atoms with E-state index in [4.69, 9.17) is 33.4 Å². The van der Waals surface area contributed by atoms with Gasteiger partial charge in [-0.2, -0.15) is 0 Å². The summed E-state index contributed by atoms with van der Waals surface area (Å²) in [6.45, 7) is 7.81. The summed E-state index contributed by atoms with van der Waals surface area (Å²) < 4.78 is 4.87. The molecule has 1 N–H and O–H groups in total. The molecule has 0 saturated heterocycles. The van der Waals surface area contributed by atoms with Crippen molar-refractivity contribution < 1.29 is 14.4 Å². The molecule has 0 radical (unpaired) electrons. The topological polar surface area (TPSA) is 50.8 Å². The number of esters is 1. The minimum absolute atomic E-state index is 0.00363. The average molecular weight is 359 g/mol. The van der Waals surface area contributed by atoms with Crippen LogP contribution in [0.2, 0.25) is 5.02 Å². The van der Waals surface area contributed by atoms with Gasteiger partial charge >= 0.3 is 5.97 Å². The molecule has 128 valence electrons. The van der Waals surface area contributed by atoms with E-state index in [2.05, 4.69) is 5.32 Å². The van der Waals surface area contributed by atoms with E-state index in [1.54, 1.807) is 13.0 Å². The highest BCUT2D eigenvalue weighted by atomic mass is 35.5. The standard InChI is InChI=1S/C16H23ClN2O3S/c1-5-12(4)19(22-10-15(20)21-6-2)16(23)18-14-9-13(17)8-7-11(14)3/h7-9,12H,5-6,10H2,1-4H3,(H,18,23). The smallest absolute Gasteiger partial charge is 0.334 e. The number of anilines is 1. The van der Waals surface area contributed by atoms with Crippen LogP contribution in [0.1, 0.15) is 32.8 Å². The number of thiocarbonyl (C=S) groups is 1. The molecule has 7 heteroatoms. The maximum absolute atomic E-state index is 11.5. The van der Waals surface area contributed by atoms with Crippen LogP contribution in [0.15, 0.2) is 18.2 Å². The number of ether oxygens (including phenoxy) is 1. The van der Waals surface area contributed by atoms with Crippen molar-refractivity contribution >= 4 is 40.6 Å². The monoisotopic (exact) mass is 358 g/mol. The van der Waals surface area contributed by atoms with Crippen LogP contribution in [0.25, 0.3) is 0 Å². The highest BCUT2D eigenvalue weighted by Gasteiger charge is 2.19. The third-order valence-electron chi connectivity index (χ3n) is 3.26. The van der Waals surface area contributed by atoms with Gasteiger partial charge in [-0.3, -0.25) is 4.84 Å². The van der Waals surface area contributed by atoms with E-state index in [1.165, 1.54) is 5.06 Å². The van der Waals surface area contributed by atoms with Crippen molar-refractivity contribution in [3.8, 4) is 0 Å². The summed E-state index contributed by atoms with van der Waals surface area (Å²) in [7, 11) is 0. The van der Waals surface area contributed by atoms with E-state index in [9.17, 15) is 4.79 Å². The first-order chi connectivity index (χ1) is 10.9. The Morgan fingerprint density at radius 2 is 2.13 bits per heavy atom. The highest BCUT2D eigenvalue weighted by molar-refractivity contribution is 7.80. The van der Waals surface area contributed by atoms with E-state index in [-0.39, 0.29) is 12.6 Å². The van der Waals surface area contributed by atoms with Gasteiger partial charge in [-0.25, -0.2) is 9.86 Å². The number of aryl methyl sites for hydroxylation is 1. The Morgan fingerprint density at radius 3 is 2.74 bits per heavy atom. The van der Waals surface area contributed by atoms with Crippen LogP contribution in [-0.4, -0.2) is 35.4 Å². The summed E-state index contributed by atoms with van der Waals surface area (Å²) in [5.41, 5.74) is 1.81. The SMILES string of the molecule is CCOC(=O)CON(C(=S)Nc1cc(Cl)ccc1C)C(C)CC. The number of rotatable bonds is 7. The molecule has 1 rings (SSSR count). The molecular formula is C16H23ClN2O3S. The maximum atomic E-state index is 11.5. The third kappa shape index (κ3) is 6.33. The number of nitrogens with one attached hydrogen (secondary N) is 1. The molecule has 1 unspecified atom stereocenters. The fraction of sp³-hybridized carbons (Fsp3) is 0.500. The van der Waals surface area contributed by atoms with Crippen LogP contribution in [0.3, 0.4) is 0 Å². The van der Waals surface area contributed by atoms with Crippen LogP contribution in [0.4, 0.5) is 5.69 Å². The van der Waals surface area contributed by atoms with E-state index in [0.717, 1.165) is 17.7 Å². The highest BCUT2D eigenvalue weighted by Crippen LogP contribution is 2.21. The van der Waals surface area contributed by atoms with Gasteiger partial charge < -0.3 is 10.1 Å². The second-order valence-corrected chi connectivity index (χ2v) is 5.87. The Balaban J connectivity index is 2.79. The number of hydroxylamine groups is 2. The second kappa shape index (κ2) is 9.70. The fourth-order valence-corrected chi connectivity index (χ4v) is 2.29. The van der Waals surface area contributed by atoms with Crippen LogP contribution in [0, 0.1) is 6.92 Å². The van der Waals surface area contributed by atoms with Crippen LogP contribution >= 0.6 is 23.8 Å². The molecule has 0 aliphatic rings. The van der Waals surface area contributed by atoms with Crippen LogP contribution < -0.4 is 5.32 Å². The van der Waals surface area contributed by atoms with Gasteiger partial charge in [0.05, 0.1) is 12.6 Å². The predicted octanol–water partition coefficient (Wildman–Crippen LogP) is 3.94. The lowest BCUT2D eigenvalue weighted by atomic mass is 10.2. The molecule has 0 bridgehead atoms. The van der Waals surface area contributed by atoms with Crippen molar-refractivity contribution in [1.82, 2.24) is 5.06 Å². The first-order valence-electron chi connectivity index (χ1n) is 7.53. The zero-order valence-corrected chi connectivity index (χ0v) is 15.5. The van der Waals surface area contributed by atoms with Crippen LogP contribution in [-0.2, 0) is 14.4 Å². The Hall–Kier alpha value is -1.37. The van der Waals surface area contributed by atoms with E-state index in [0.29, 0.717) is 16.7 Å². The van der Waals surface area contributed by atoms with Crippen LogP contribution in [0.5, 0.6) is 0 Å². The minimum Gasteiger partial charge on any atom is -0.464 e. The van der Waals surface area contributed by atoms with E-state index < -0.39 is 5.97 Å². The molecule has 23 heavy (non-hydrogen) atoms. The van der Waals surface area contributed by atoms with Gasteiger partial charge in [0.15, 0.2) is 11.7 Å². The Kier molecular flexibility index (Phi) is 8.30. The molecule has 0 aliphatic heterocycles. The minimum atomic E-state index is -0.428. The first-order valence-corrected chi connectivity index (χ1v) is 8.32. The molecule has 1 aromatic rings. The Labute approximate surface area is 147 Å². The van der Waals surface area contributed by atoms with Gasteiger partial charge in [0.25, 0.3) is 0 Å². The normalized spacial score (nSPS) is 11.7. The van der Waals surface area contributed by atoms with Gasteiger partial charge in [0, 0.05) is 10.7 Å². The van der Waals surface area contributed by atoms with Gasteiger partial charge in [-0.05, 0) is 57.1 Å². The third-order valence-corrected chi connectivity index (χ3v) is 3.78. The average Bonchev–Trinajstić information content (AvgIpc) is 2.51. The number of benzene rings is 1. The van der Waals surface area contributed by atoms with Gasteiger partial charge in [-0.1, -0.05) is 24.6 Å². The van der Waals surface area contributed by atoms with Crippen molar-refractivity contribution in [2.45, 2.75) is 40.2 Å². The maximum Gasteiger partial charge on any atom is 0.334 e. The lowest BCUT2D eigenvalue weighted by Gasteiger charge is -2.29. The number of carbonyl (C=O) groups excluding carboxylic acids is 1. The quantitative estimate of drug-likeness (QED) is 0.452. The molecule has 0 spiro atoms. The predicted molar refractivity (Wildman–Crippen MR) is 96.6 cm³/mol. The molecule has 0 amide bonds. The molecule has 0 heterocycles. The van der Waals surface area contributed by atoms with Crippen molar-refractivity contribution in [3.63, 3.8) is 0 Å². The lowest BCUT2D eigenvalue weighted by molar-refractivity contribution is -0.170. The van der Waals surface area contributed by atoms with Gasteiger partial charge in [-0.15, -0.1) is 0 Å². The number of hydrogen-bond donors (Lipinski definition) is 1. The zero-order valence-electron chi connectivity index (χ0n) is 13.9. The fourth-order valence-electron chi connectivity index (χ4n) is 1.78. The number of nitrogens with zero attached hydrogens (tertiary/aromatic N) is 1. The Morgan fingerprint density at radius 1 is 1.43 bits per heavy atom. The molecule has 0 saturated carbocycles. The molecule has 0 aliphatic carbocycles. The summed E-state index contributed by atoms with van der Waals surface area (Å²) in [6.07, 6.45) is 0.805. The molecular weight excluding hydrogens is 336 g/mol. The molecule has 0 fully saturated rings. The zero-order chi connectivity index (χ0) is 17.4. The summed E-state index contributed by atoms with van der Waals surface area (Å²) in [5.74, 6) is -0.428. The van der Waals surface area contributed by atoms with Crippen molar-refractivity contribution in [3.05, 3.63) is 28.8 Å². The van der Waals surface area contributed by atoms with E-state index >= 15 is 0 Å². The summed E-state index contributed by atoms with van der Waals surface area (Å²) >= 11 is 11.4.